The molecule has 4 aromatic rings. The van der Waals surface area contributed by atoms with Gasteiger partial charge in [0.05, 0.1) is 28.5 Å². The van der Waals surface area contributed by atoms with Crippen molar-refractivity contribution in [3.63, 3.8) is 0 Å². The summed E-state index contributed by atoms with van der Waals surface area (Å²) in [7, 11) is 0. The van der Waals surface area contributed by atoms with Crippen molar-refractivity contribution in [2.75, 3.05) is 30.3 Å². The number of rotatable bonds is 4. The number of H-pyrrole nitrogens is 1. The predicted octanol–water partition coefficient (Wildman–Crippen LogP) is 1.95. The Morgan fingerprint density at radius 1 is 1.07 bits per heavy atom. The highest BCUT2D eigenvalue weighted by Crippen LogP contribution is 2.47. The monoisotopic (exact) mass is 570 g/mol. The zero-order valence-electron chi connectivity index (χ0n) is 23.5. The van der Waals surface area contributed by atoms with Crippen molar-refractivity contribution in [2.24, 2.45) is 0 Å². The van der Waals surface area contributed by atoms with Gasteiger partial charge in [0, 0.05) is 30.2 Å². The average molecular weight is 571 g/mol. The maximum atomic E-state index is 14.1. The number of aromatic amines is 1. The molecule has 0 bridgehead atoms. The van der Waals surface area contributed by atoms with Crippen molar-refractivity contribution in [3.05, 3.63) is 70.5 Å². The number of anilines is 2. The fraction of sp³-hybridized carbons (Fsp3) is 0.345. The fourth-order valence-electron chi connectivity index (χ4n) is 5.67. The van der Waals surface area contributed by atoms with Gasteiger partial charge < -0.3 is 15.4 Å². The van der Waals surface area contributed by atoms with Crippen molar-refractivity contribution < 1.29 is 19.1 Å². The zero-order valence-corrected chi connectivity index (χ0v) is 23.5. The second kappa shape index (κ2) is 9.79. The summed E-state index contributed by atoms with van der Waals surface area (Å²) in [6.45, 7) is 5.58. The van der Waals surface area contributed by atoms with Gasteiger partial charge in [-0.05, 0) is 70.0 Å². The molecule has 0 saturated carbocycles. The molecule has 1 aromatic carbocycles. The Morgan fingerprint density at radius 3 is 2.55 bits per heavy atom. The van der Waals surface area contributed by atoms with E-state index in [4.69, 9.17) is 15.5 Å². The number of aromatic nitrogens is 5. The fourth-order valence-corrected chi connectivity index (χ4v) is 5.67. The molecular formula is C29H30N8O5. The van der Waals surface area contributed by atoms with Crippen LogP contribution in [-0.2, 0) is 19.7 Å². The first-order valence-electron chi connectivity index (χ1n) is 13.6. The zero-order chi connectivity index (χ0) is 29.8. The molecule has 1 fully saturated rings. The molecule has 2 amide bonds. The molecule has 0 radical (unpaired) electrons. The molecule has 42 heavy (non-hydrogen) atoms. The molecular weight excluding hydrogens is 540 g/mol. The molecule has 2 aliphatic heterocycles. The molecule has 2 aliphatic rings. The van der Waals surface area contributed by atoms with Gasteiger partial charge in [0.15, 0.2) is 0 Å². The lowest BCUT2D eigenvalue weighted by molar-refractivity contribution is -0.153. The largest absolute Gasteiger partial charge is 0.459 e. The number of amides is 2. The van der Waals surface area contributed by atoms with Crippen LogP contribution in [0.2, 0.25) is 0 Å². The average Bonchev–Trinajstić information content (AvgIpc) is 3.49. The van der Waals surface area contributed by atoms with Crippen LogP contribution in [0.25, 0.3) is 16.7 Å². The van der Waals surface area contributed by atoms with Gasteiger partial charge in [-0.15, -0.1) is 0 Å². The minimum atomic E-state index is -1.09. The minimum absolute atomic E-state index is 0.0801. The van der Waals surface area contributed by atoms with Crippen LogP contribution in [-0.4, -0.2) is 72.7 Å². The molecule has 3 N–H and O–H groups in total. The Hall–Kier alpha value is -5.07. The molecule has 0 atom stereocenters. The van der Waals surface area contributed by atoms with Gasteiger partial charge in [0.2, 0.25) is 5.91 Å². The van der Waals surface area contributed by atoms with Gasteiger partial charge >= 0.3 is 11.7 Å². The van der Waals surface area contributed by atoms with Crippen molar-refractivity contribution in [1.82, 2.24) is 29.6 Å². The van der Waals surface area contributed by atoms with Gasteiger partial charge in [-0.25, -0.2) is 9.78 Å². The number of piperidine rings is 1. The number of ether oxygens (including phenoxy) is 1. The van der Waals surface area contributed by atoms with Crippen molar-refractivity contribution in [2.45, 2.75) is 44.6 Å². The summed E-state index contributed by atoms with van der Waals surface area (Å²) in [4.78, 5) is 64.6. The molecule has 1 saturated heterocycles. The number of pyridine rings is 1. The van der Waals surface area contributed by atoms with Crippen molar-refractivity contribution in [3.8, 4) is 5.82 Å². The van der Waals surface area contributed by atoms with E-state index in [1.807, 2.05) is 6.07 Å². The SMILES string of the molecule is CC(C)(C)OC(=O)CN1C(=O)C2(CCN(C(=O)c3ccc4[nH]ncc4c3)CC2)c2nc(-n3ccc(N)nc3=O)ccc21. The van der Waals surface area contributed by atoms with E-state index in [1.54, 1.807) is 56.1 Å². The summed E-state index contributed by atoms with van der Waals surface area (Å²) < 4.78 is 6.75. The molecule has 13 heteroatoms. The first-order chi connectivity index (χ1) is 19.9. The predicted molar refractivity (Wildman–Crippen MR) is 153 cm³/mol. The molecule has 3 aromatic heterocycles. The van der Waals surface area contributed by atoms with E-state index < -0.39 is 22.7 Å². The molecule has 6 rings (SSSR count). The molecule has 5 heterocycles. The topological polar surface area (TPSA) is 169 Å². The van der Waals surface area contributed by atoms with Crippen molar-refractivity contribution >= 4 is 40.2 Å². The number of fused-ring (bicyclic) bond motifs is 3. The lowest BCUT2D eigenvalue weighted by atomic mass is 9.76. The van der Waals surface area contributed by atoms with Crippen LogP contribution in [0.15, 0.2) is 53.6 Å². The highest BCUT2D eigenvalue weighted by Gasteiger charge is 2.54. The Kier molecular flexibility index (Phi) is 6.32. The van der Waals surface area contributed by atoms with Crippen LogP contribution in [0, 0.1) is 0 Å². The highest BCUT2D eigenvalue weighted by atomic mass is 16.6. The third kappa shape index (κ3) is 4.66. The van der Waals surface area contributed by atoms with Gasteiger partial charge in [-0.1, -0.05) is 0 Å². The number of carbonyl (C=O) groups excluding carboxylic acids is 3. The summed E-state index contributed by atoms with van der Waals surface area (Å²) in [6, 6.07) is 10.1. The Balaban J connectivity index is 1.33. The lowest BCUT2D eigenvalue weighted by Gasteiger charge is -2.38. The Labute approximate surface area is 240 Å². The summed E-state index contributed by atoms with van der Waals surface area (Å²) in [5, 5.41) is 7.72. The van der Waals surface area contributed by atoms with E-state index >= 15 is 0 Å². The molecule has 0 aliphatic carbocycles. The van der Waals surface area contributed by atoms with Crippen molar-refractivity contribution in [1.29, 1.82) is 0 Å². The van der Waals surface area contributed by atoms with E-state index in [2.05, 4.69) is 15.2 Å². The number of hydrogen-bond acceptors (Lipinski definition) is 9. The number of nitrogens with one attached hydrogen (secondary N) is 1. The molecule has 216 valence electrons. The number of benzene rings is 1. The summed E-state index contributed by atoms with van der Waals surface area (Å²) in [5.74, 6) is -0.640. The molecule has 13 nitrogen and oxygen atoms in total. The summed E-state index contributed by atoms with van der Waals surface area (Å²) in [6.07, 6.45) is 3.71. The number of nitrogens with zero attached hydrogens (tertiary/aromatic N) is 6. The van der Waals surface area contributed by atoms with Crippen LogP contribution in [0.1, 0.15) is 49.7 Å². The van der Waals surface area contributed by atoms with E-state index in [-0.39, 0.29) is 42.8 Å². The third-order valence-corrected chi connectivity index (χ3v) is 7.63. The second-order valence-electron chi connectivity index (χ2n) is 11.6. The van der Waals surface area contributed by atoms with Crippen LogP contribution in [0.5, 0.6) is 0 Å². The number of nitrogens with two attached hydrogens (primary N) is 1. The van der Waals surface area contributed by atoms with Crippen LogP contribution in [0.4, 0.5) is 11.5 Å². The van der Waals surface area contributed by atoms with Crippen LogP contribution < -0.4 is 16.3 Å². The first kappa shape index (κ1) is 27.1. The maximum Gasteiger partial charge on any atom is 0.355 e. The standard InChI is InChI=1S/C29H30N8O5/c1-28(2,3)42-23(38)16-37-20-6-7-22(36-11-8-21(30)32-27(36)41)33-24(20)29(26(37)40)9-12-35(13-10-29)25(39)17-4-5-19-18(14-17)15-31-34-19/h4-8,11,14-15H,9-10,12-13,16H2,1-3H3,(H,31,34)(H2,30,32,41). The lowest BCUT2D eigenvalue weighted by Crippen LogP contribution is -2.51. The van der Waals surface area contributed by atoms with Crippen LogP contribution in [0.3, 0.4) is 0 Å². The Morgan fingerprint density at radius 2 is 1.83 bits per heavy atom. The van der Waals surface area contributed by atoms with E-state index in [1.165, 1.54) is 21.7 Å². The molecule has 0 unspecified atom stereocenters. The number of nitrogen functional groups attached to an aromatic ring is 1. The molecule has 1 spiro atoms. The minimum Gasteiger partial charge on any atom is -0.459 e. The number of hydrogen-bond donors (Lipinski definition) is 2. The highest BCUT2D eigenvalue weighted by molar-refractivity contribution is 6.10. The van der Waals surface area contributed by atoms with Gasteiger partial charge in [0.25, 0.3) is 5.91 Å². The third-order valence-electron chi connectivity index (χ3n) is 7.63. The summed E-state index contributed by atoms with van der Waals surface area (Å²) in [5.41, 5.74) is 5.51. The normalized spacial score (nSPS) is 16.2. The number of likely N-dealkylation sites (tertiary alicyclic amines) is 1. The van der Waals surface area contributed by atoms with Crippen LogP contribution >= 0.6 is 0 Å². The van der Waals surface area contributed by atoms with E-state index in [0.29, 0.717) is 30.0 Å². The smallest absolute Gasteiger partial charge is 0.355 e. The van der Waals surface area contributed by atoms with E-state index in [9.17, 15) is 19.2 Å². The Bertz CT molecular complexity index is 1800. The summed E-state index contributed by atoms with van der Waals surface area (Å²) >= 11 is 0. The van der Waals surface area contributed by atoms with Gasteiger partial charge in [-0.2, -0.15) is 10.1 Å². The number of esters is 1. The van der Waals surface area contributed by atoms with Gasteiger partial charge in [0.1, 0.15) is 23.8 Å². The van der Waals surface area contributed by atoms with E-state index in [0.717, 1.165) is 10.9 Å². The second-order valence-corrected chi connectivity index (χ2v) is 11.6. The first-order valence-corrected chi connectivity index (χ1v) is 13.6. The quantitative estimate of drug-likeness (QED) is 0.348. The number of carbonyl (C=O) groups is 3. The van der Waals surface area contributed by atoms with Gasteiger partial charge in [-0.3, -0.25) is 28.9 Å². The maximum absolute atomic E-state index is 14.1.